The van der Waals surface area contributed by atoms with Crippen molar-refractivity contribution in [3.63, 3.8) is 0 Å². The average Bonchev–Trinajstić information content (AvgIpc) is 3.28. The first kappa shape index (κ1) is 21.4. The van der Waals surface area contributed by atoms with E-state index in [4.69, 9.17) is 20.8 Å². The minimum absolute atomic E-state index is 0.0590. The van der Waals surface area contributed by atoms with Gasteiger partial charge in [-0.05, 0) is 43.0 Å². The maximum absolute atomic E-state index is 13.0. The Morgan fingerprint density at radius 2 is 2.33 bits per heavy atom. The van der Waals surface area contributed by atoms with Gasteiger partial charge in [0.25, 0.3) is 11.8 Å². The minimum atomic E-state index is -0.486. The van der Waals surface area contributed by atoms with E-state index in [1.807, 2.05) is 6.07 Å². The number of oxazole rings is 1. The van der Waals surface area contributed by atoms with Crippen molar-refractivity contribution in [1.82, 2.24) is 15.2 Å². The van der Waals surface area contributed by atoms with Crippen molar-refractivity contribution in [2.45, 2.75) is 12.8 Å². The number of halogens is 1. The van der Waals surface area contributed by atoms with Crippen LogP contribution in [0.1, 0.15) is 28.9 Å². The molecule has 3 rings (SSSR count). The molecule has 2 amide bonds. The number of hydrogen-bond donors (Lipinski definition) is 1. The van der Waals surface area contributed by atoms with Crippen LogP contribution in [0, 0.1) is 17.2 Å². The molecule has 30 heavy (non-hydrogen) atoms. The summed E-state index contributed by atoms with van der Waals surface area (Å²) in [5.41, 5.74) is 0.750. The molecule has 0 aliphatic carbocycles. The molecule has 1 fully saturated rings. The second kappa shape index (κ2) is 9.94. The van der Waals surface area contributed by atoms with Crippen LogP contribution in [0.25, 0.3) is 6.08 Å². The van der Waals surface area contributed by atoms with Crippen molar-refractivity contribution < 1.29 is 18.7 Å². The fraction of sp³-hybridized carbons (Fsp3) is 0.333. The normalized spacial score (nSPS) is 16.6. The van der Waals surface area contributed by atoms with E-state index < -0.39 is 5.91 Å². The molecule has 1 aliphatic rings. The number of nitrogens with zero attached hydrogens (tertiary/aromatic N) is 3. The Hall–Kier alpha value is -3.31. The Morgan fingerprint density at radius 3 is 3.03 bits per heavy atom. The summed E-state index contributed by atoms with van der Waals surface area (Å²) in [6.45, 7) is 1.46. The zero-order chi connectivity index (χ0) is 21.5. The Labute approximate surface area is 179 Å². The van der Waals surface area contributed by atoms with E-state index in [9.17, 15) is 14.9 Å². The lowest BCUT2D eigenvalue weighted by atomic mass is 9.97. The number of nitrogens with one attached hydrogen (secondary N) is 1. The predicted molar refractivity (Wildman–Crippen MR) is 110 cm³/mol. The summed E-state index contributed by atoms with van der Waals surface area (Å²) < 4.78 is 10.1. The van der Waals surface area contributed by atoms with Gasteiger partial charge in [-0.2, -0.15) is 5.26 Å². The molecule has 0 spiro atoms. The smallest absolute Gasteiger partial charge is 0.262 e. The van der Waals surface area contributed by atoms with Gasteiger partial charge in [-0.3, -0.25) is 9.59 Å². The van der Waals surface area contributed by atoms with Crippen LogP contribution in [0.2, 0.25) is 5.02 Å². The van der Waals surface area contributed by atoms with Gasteiger partial charge in [0.05, 0.1) is 12.7 Å². The summed E-state index contributed by atoms with van der Waals surface area (Å²) in [4.78, 5) is 30.9. The van der Waals surface area contributed by atoms with E-state index in [1.165, 1.54) is 25.8 Å². The molecule has 0 radical (unpaired) electrons. The molecule has 2 aromatic rings. The van der Waals surface area contributed by atoms with E-state index in [0.29, 0.717) is 41.7 Å². The highest BCUT2D eigenvalue weighted by Crippen LogP contribution is 2.26. The van der Waals surface area contributed by atoms with E-state index >= 15 is 0 Å². The number of carbonyl (C=O) groups excluding carboxylic acids is 2. The molecule has 1 saturated heterocycles. The lowest BCUT2D eigenvalue weighted by Gasteiger charge is -2.33. The third-order valence-electron chi connectivity index (χ3n) is 4.86. The number of rotatable bonds is 6. The van der Waals surface area contributed by atoms with E-state index in [-0.39, 0.29) is 17.4 Å². The van der Waals surface area contributed by atoms with Gasteiger partial charge >= 0.3 is 0 Å². The molecule has 0 saturated carbocycles. The van der Waals surface area contributed by atoms with Gasteiger partial charge in [-0.1, -0.05) is 11.6 Å². The van der Waals surface area contributed by atoms with Crippen molar-refractivity contribution in [3.05, 3.63) is 52.7 Å². The van der Waals surface area contributed by atoms with Gasteiger partial charge in [0.15, 0.2) is 6.39 Å². The van der Waals surface area contributed by atoms with E-state index in [0.717, 1.165) is 12.8 Å². The number of hydrogen-bond acceptors (Lipinski definition) is 6. The molecule has 2 heterocycles. The molecule has 9 heteroatoms. The zero-order valence-electron chi connectivity index (χ0n) is 16.4. The number of likely N-dealkylation sites (tertiary alicyclic amines) is 1. The van der Waals surface area contributed by atoms with Crippen LogP contribution in [0.4, 0.5) is 0 Å². The molecule has 1 atom stereocenters. The summed E-state index contributed by atoms with van der Waals surface area (Å²) in [7, 11) is 1.51. The molecule has 156 valence electrons. The topological polar surface area (TPSA) is 108 Å². The van der Waals surface area contributed by atoms with Crippen LogP contribution in [0.5, 0.6) is 5.75 Å². The third-order valence-corrected chi connectivity index (χ3v) is 5.09. The Kier molecular flexibility index (Phi) is 7.09. The maximum atomic E-state index is 13.0. The van der Waals surface area contributed by atoms with Crippen LogP contribution < -0.4 is 10.1 Å². The van der Waals surface area contributed by atoms with Crippen molar-refractivity contribution in [2.75, 3.05) is 26.7 Å². The average molecular weight is 429 g/mol. The molecule has 1 N–H and O–H groups in total. The highest BCUT2D eigenvalue weighted by atomic mass is 35.5. The molecule has 1 aliphatic heterocycles. The van der Waals surface area contributed by atoms with Crippen LogP contribution in [-0.2, 0) is 4.79 Å². The SMILES string of the molecule is COc1ccc(Cl)cc1C(=O)N1CCCC(CNC(=O)/C(C#N)=C/c2cocn2)C1. The van der Waals surface area contributed by atoms with E-state index in [2.05, 4.69) is 10.3 Å². The van der Waals surface area contributed by atoms with Crippen molar-refractivity contribution in [2.24, 2.45) is 5.92 Å². The van der Waals surface area contributed by atoms with Crippen molar-refractivity contribution in [1.29, 1.82) is 5.26 Å². The van der Waals surface area contributed by atoms with E-state index in [1.54, 1.807) is 23.1 Å². The number of ether oxygens (including phenoxy) is 1. The summed E-state index contributed by atoms with van der Waals surface area (Å²) in [5, 5.41) is 12.5. The Morgan fingerprint density at radius 1 is 1.50 bits per heavy atom. The van der Waals surface area contributed by atoms with Crippen LogP contribution in [0.3, 0.4) is 0 Å². The molecular formula is C21H21ClN4O4. The Balaban J connectivity index is 1.61. The van der Waals surface area contributed by atoms with Crippen molar-refractivity contribution >= 4 is 29.5 Å². The minimum Gasteiger partial charge on any atom is -0.496 e. The van der Waals surface area contributed by atoms with Gasteiger partial charge in [0.2, 0.25) is 0 Å². The number of aromatic nitrogens is 1. The standard InChI is InChI=1S/C21H21ClN4O4/c1-29-19-5-4-16(22)8-18(19)21(28)26-6-2-3-14(11-26)10-24-20(27)15(9-23)7-17-12-30-13-25-17/h4-5,7-8,12-14H,2-3,6,10-11H2,1H3,(H,24,27)/b15-7+. The maximum Gasteiger partial charge on any atom is 0.262 e. The number of amides is 2. The van der Waals surface area contributed by atoms with Gasteiger partial charge < -0.3 is 19.4 Å². The third kappa shape index (κ3) is 5.19. The molecule has 1 unspecified atom stereocenters. The monoisotopic (exact) mass is 428 g/mol. The van der Waals surface area contributed by atoms with Gasteiger partial charge in [0, 0.05) is 24.7 Å². The van der Waals surface area contributed by atoms with Crippen LogP contribution >= 0.6 is 11.6 Å². The molecule has 1 aromatic carbocycles. The number of carbonyl (C=O) groups is 2. The number of piperidine rings is 1. The highest BCUT2D eigenvalue weighted by Gasteiger charge is 2.27. The second-order valence-corrected chi connectivity index (χ2v) is 7.33. The number of nitriles is 1. The van der Waals surface area contributed by atoms with Crippen LogP contribution in [-0.4, -0.2) is 48.4 Å². The molecule has 1 aromatic heterocycles. The zero-order valence-corrected chi connectivity index (χ0v) is 17.2. The predicted octanol–water partition coefficient (Wildman–Crippen LogP) is 2.91. The van der Waals surface area contributed by atoms with Crippen LogP contribution in [0.15, 0.2) is 40.8 Å². The molecule has 0 bridgehead atoms. The molecular weight excluding hydrogens is 408 g/mol. The number of benzene rings is 1. The Bertz CT molecular complexity index is 981. The van der Waals surface area contributed by atoms with Crippen molar-refractivity contribution in [3.8, 4) is 11.8 Å². The fourth-order valence-corrected chi connectivity index (χ4v) is 3.53. The quantitative estimate of drug-likeness (QED) is 0.559. The summed E-state index contributed by atoms with van der Waals surface area (Å²) in [5.74, 6) is -0.102. The number of methoxy groups -OCH3 is 1. The summed E-state index contributed by atoms with van der Waals surface area (Å²) in [6, 6.07) is 6.81. The highest BCUT2D eigenvalue weighted by molar-refractivity contribution is 6.31. The lowest BCUT2D eigenvalue weighted by molar-refractivity contribution is -0.117. The lowest BCUT2D eigenvalue weighted by Crippen LogP contribution is -2.44. The first-order valence-corrected chi connectivity index (χ1v) is 9.80. The first-order chi connectivity index (χ1) is 14.5. The van der Waals surface area contributed by atoms with Gasteiger partial charge in [-0.15, -0.1) is 0 Å². The first-order valence-electron chi connectivity index (χ1n) is 9.42. The fourth-order valence-electron chi connectivity index (χ4n) is 3.36. The summed E-state index contributed by atoms with van der Waals surface area (Å²) in [6.07, 6.45) is 5.61. The molecule has 8 nitrogen and oxygen atoms in total. The largest absolute Gasteiger partial charge is 0.496 e. The second-order valence-electron chi connectivity index (χ2n) is 6.90. The van der Waals surface area contributed by atoms with Gasteiger partial charge in [-0.25, -0.2) is 4.98 Å². The summed E-state index contributed by atoms with van der Waals surface area (Å²) >= 11 is 6.05. The van der Waals surface area contributed by atoms with Gasteiger partial charge in [0.1, 0.15) is 29.3 Å².